The molecule has 0 radical (unpaired) electrons. The molecule has 4 heterocycles. The third-order valence-electron chi connectivity index (χ3n) is 9.35. The normalized spacial score (nSPS) is 11.2. The van der Waals surface area contributed by atoms with Crippen molar-refractivity contribution < 1.29 is 55.7 Å². The zero-order chi connectivity index (χ0) is 45.5. The molecule has 8 rings (SSSR count). The summed E-state index contributed by atoms with van der Waals surface area (Å²) in [6.07, 6.45) is -7.32. The van der Waals surface area contributed by atoms with E-state index < -0.39 is 39.6 Å². The summed E-state index contributed by atoms with van der Waals surface area (Å²) in [5.41, 5.74) is -0.240. The van der Waals surface area contributed by atoms with E-state index in [9.17, 15) is 31.1 Å². The number of carbonyl (C=O) groups excluding carboxylic acids is 1. The van der Waals surface area contributed by atoms with Crippen LogP contribution in [0, 0.1) is 0 Å². The van der Waals surface area contributed by atoms with E-state index >= 15 is 0 Å². The SMILES string of the molecule is CCOC(C)=O.FC(F)(F)c1cc(-c2cccc(-c3cc(C(F)(F)F)n[n-]3)n2)[n-]n1.[Os+2].c1ccc([PH+](Cc2cccc(C[PH+](c3ccccc3)c3ccccc3)n2)c2ccccc2)cc1. The fraction of sp³-hybridized carbons (Fsp3) is 0.146. The van der Waals surface area contributed by atoms with E-state index in [-0.39, 0.29) is 48.5 Å². The van der Waals surface area contributed by atoms with Gasteiger partial charge < -0.3 is 25.1 Å². The van der Waals surface area contributed by atoms with Crippen molar-refractivity contribution in [3.05, 3.63) is 193 Å². The summed E-state index contributed by atoms with van der Waals surface area (Å²) in [6, 6.07) is 56.0. The monoisotopic (exact) mass is 1100 g/mol. The summed E-state index contributed by atoms with van der Waals surface area (Å²) in [4.78, 5) is 19.0. The molecule has 334 valence electrons. The second kappa shape index (κ2) is 23.9. The number of rotatable bonds is 11. The number of alkyl halides is 6. The second-order valence-corrected chi connectivity index (χ2v) is 18.9. The summed E-state index contributed by atoms with van der Waals surface area (Å²) in [6.45, 7) is 3.65. The molecule has 0 unspecified atom stereocenters. The average Bonchev–Trinajstić information content (AvgIpc) is 4.02. The van der Waals surface area contributed by atoms with E-state index in [1.165, 1.54) is 57.7 Å². The van der Waals surface area contributed by atoms with E-state index in [4.69, 9.17) is 4.98 Å². The number of aromatic nitrogens is 6. The van der Waals surface area contributed by atoms with E-state index in [2.05, 4.69) is 170 Å². The third-order valence-corrected chi connectivity index (χ3v) is 14.9. The summed E-state index contributed by atoms with van der Waals surface area (Å²) in [7, 11) is -1.91. The molecule has 4 aromatic heterocycles. The number of ether oxygens (including phenoxy) is 1. The number of carbonyl (C=O) groups is 1. The first-order valence-corrected chi connectivity index (χ1v) is 23.3. The van der Waals surface area contributed by atoms with E-state index in [0.717, 1.165) is 12.3 Å². The molecular weight excluding hydrogens is 1060 g/mol. The van der Waals surface area contributed by atoms with Crippen molar-refractivity contribution in [3.63, 3.8) is 0 Å². The molecule has 0 spiro atoms. The molecule has 0 saturated heterocycles. The summed E-state index contributed by atoms with van der Waals surface area (Å²) in [5, 5.41) is 18.5. The Bertz CT molecular complexity index is 2430. The van der Waals surface area contributed by atoms with Crippen LogP contribution in [0.4, 0.5) is 26.3 Å². The van der Waals surface area contributed by atoms with Crippen molar-refractivity contribution >= 4 is 43.0 Å². The summed E-state index contributed by atoms with van der Waals surface area (Å²) >= 11 is 0. The molecule has 0 fully saturated rings. The van der Waals surface area contributed by atoms with Crippen LogP contribution in [-0.2, 0) is 54.0 Å². The van der Waals surface area contributed by atoms with Gasteiger partial charge in [0.25, 0.3) is 0 Å². The Morgan fingerprint density at radius 1 is 0.523 bits per heavy atom. The number of esters is 1. The average molecular weight is 1100 g/mol. The van der Waals surface area contributed by atoms with Gasteiger partial charge in [-0.25, -0.2) is 0 Å². The predicted octanol–water partition coefficient (Wildman–Crippen LogP) is 9.54. The van der Waals surface area contributed by atoms with Gasteiger partial charge in [0, 0.05) is 6.92 Å². The van der Waals surface area contributed by atoms with Crippen LogP contribution in [0.5, 0.6) is 0 Å². The van der Waals surface area contributed by atoms with Crippen LogP contribution in [0.3, 0.4) is 0 Å². The Hall–Kier alpha value is -5.85. The molecule has 17 heteroatoms. The minimum absolute atomic E-state index is 0. The Labute approximate surface area is 387 Å². The first kappa shape index (κ1) is 50.2. The van der Waals surface area contributed by atoms with Gasteiger partial charge in [-0.15, -0.1) is 0 Å². The topological polar surface area (TPSA) is 106 Å². The van der Waals surface area contributed by atoms with Crippen molar-refractivity contribution in [2.75, 3.05) is 6.61 Å². The van der Waals surface area contributed by atoms with Crippen LogP contribution in [0.2, 0.25) is 0 Å². The largest absolute Gasteiger partial charge is 2.00 e. The number of pyridine rings is 2. The number of benzene rings is 4. The van der Waals surface area contributed by atoms with Gasteiger partial charge in [0.2, 0.25) is 0 Å². The van der Waals surface area contributed by atoms with Crippen LogP contribution in [0.25, 0.3) is 22.8 Å². The molecule has 0 aliphatic heterocycles. The fourth-order valence-corrected chi connectivity index (χ4v) is 11.4. The van der Waals surface area contributed by atoms with E-state index in [0.29, 0.717) is 18.7 Å². The van der Waals surface area contributed by atoms with Gasteiger partial charge in [-0.2, -0.15) is 26.3 Å². The second-order valence-electron chi connectivity index (χ2n) is 14.0. The molecule has 0 N–H and O–H groups in total. The first-order chi connectivity index (χ1) is 30.8. The molecule has 65 heavy (non-hydrogen) atoms. The molecule has 0 bridgehead atoms. The maximum Gasteiger partial charge on any atom is 2.00 e. The zero-order valence-corrected chi connectivity index (χ0v) is 39.4. The minimum Gasteiger partial charge on any atom is -0.573 e. The van der Waals surface area contributed by atoms with E-state index in [1.54, 1.807) is 6.92 Å². The van der Waals surface area contributed by atoms with Crippen LogP contribution in [0.1, 0.15) is 36.6 Å². The Kier molecular flexibility index (Phi) is 18.4. The van der Waals surface area contributed by atoms with Crippen LogP contribution >= 0.6 is 15.8 Å². The van der Waals surface area contributed by atoms with Crippen molar-refractivity contribution in [2.45, 2.75) is 38.5 Å². The van der Waals surface area contributed by atoms with Crippen LogP contribution in [0.15, 0.2) is 170 Å². The standard InChI is InChI=1S/C31H27NP2.C13H5F6N5.C4H8O2.Os/c1-5-16-28(17-6-1)33(29-18-7-2-8-19-29)24-26-14-13-15-27(32-26)25-34(30-20-9-3-10-21-30)31-22-11-4-12-23-31;14-12(15,16)10-4-8(21-23-10)6-2-1-3-7(20-6)9-5-11(24-22-9)13(17,18)19;1-3-6-4(2)5;/h1-23H,24-25H2;1-5H;3H2,1-2H3;/q;-2;;+2/p+2. The van der Waals surface area contributed by atoms with Crippen molar-refractivity contribution in [1.82, 2.24) is 30.4 Å². The van der Waals surface area contributed by atoms with Gasteiger partial charge in [-0.05, 0) is 91.9 Å². The maximum atomic E-state index is 12.5. The van der Waals surface area contributed by atoms with Gasteiger partial charge in [-0.1, -0.05) is 96.3 Å². The van der Waals surface area contributed by atoms with Gasteiger partial charge in [0.1, 0.15) is 23.7 Å². The Morgan fingerprint density at radius 3 is 1.14 bits per heavy atom. The predicted molar refractivity (Wildman–Crippen MR) is 242 cm³/mol. The van der Waals surface area contributed by atoms with Crippen molar-refractivity contribution in [2.24, 2.45) is 0 Å². The van der Waals surface area contributed by atoms with Crippen molar-refractivity contribution in [1.29, 1.82) is 0 Å². The number of halogens is 6. The van der Waals surface area contributed by atoms with Crippen LogP contribution in [-0.4, -0.2) is 32.7 Å². The Balaban J connectivity index is 0.000000224. The number of hydrogen-bond acceptors (Lipinski definition) is 6. The minimum atomic E-state index is -4.65. The molecule has 8 aromatic rings. The summed E-state index contributed by atoms with van der Waals surface area (Å²) < 4.78 is 79.6. The number of hydrogen-bond donors (Lipinski definition) is 0. The molecule has 0 saturated carbocycles. The number of nitrogens with zero attached hydrogens (tertiary/aromatic N) is 6. The van der Waals surface area contributed by atoms with Gasteiger partial charge >= 0.3 is 38.1 Å². The molecule has 8 nitrogen and oxygen atoms in total. The zero-order valence-electron chi connectivity index (χ0n) is 34.9. The van der Waals surface area contributed by atoms with Gasteiger partial charge in [0.05, 0.1) is 66.4 Å². The molecule has 0 atom stereocenters. The quantitative estimate of drug-likeness (QED) is 0.0717. The first-order valence-electron chi connectivity index (χ1n) is 19.9. The third kappa shape index (κ3) is 14.8. The molecule has 0 aliphatic carbocycles. The van der Waals surface area contributed by atoms with Crippen LogP contribution < -0.4 is 31.4 Å². The molecule has 4 aromatic carbocycles. The van der Waals surface area contributed by atoms with Gasteiger partial charge in [0.15, 0.2) is 0 Å². The molecule has 0 amide bonds. The van der Waals surface area contributed by atoms with Crippen molar-refractivity contribution in [3.8, 4) is 22.8 Å². The molecular formula is C48H42F6N6O2OsP2+2. The fourth-order valence-electron chi connectivity index (χ4n) is 6.43. The smallest absolute Gasteiger partial charge is 0.573 e. The maximum absolute atomic E-state index is 12.5. The summed E-state index contributed by atoms with van der Waals surface area (Å²) in [5.74, 6) is -0.211. The Morgan fingerprint density at radius 2 is 0.862 bits per heavy atom. The van der Waals surface area contributed by atoms with E-state index in [1.807, 2.05) is 0 Å². The molecule has 0 aliphatic rings. The van der Waals surface area contributed by atoms with Gasteiger partial charge in [-0.3, -0.25) is 14.8 Å².